The van der Waals surface area contributed by atoms with E-state index in [1.165, 1.54) is 5.56 Å². The van der Waals surface area contributed by atoms with Gasteiger partial charge in [-0.25, -0.2) is 0 Å². The van der Waals surface area contributed by atoms with Gasteiger partial charge >= 0.3 is 0 Å². The molecule has 3 heteroatoms. The molecule has 0 aromatic heterocycles. The number of carbonyl (C=O) groups excluding carboxylic acids is 1. The number of para-hydroxylation sites is 1. The van der Waals surface area contributed by atoms with Crippen molar-refractivity contribution in [2.45, 2.75) is 39.7 Å². The summed E-state index contributed by atoms with van der Waals surface area (Å²) in [6.07, 6.45) is 2.15. The lowest BCUT2D eigenvalue weighted by atomic mass is 9.97. The number of rotatable bonds is 4. The van der Waals surface area contributed by atoms with E-state index in [-0.39, 0.29) is 5.91 Å². The van der Waals surface area contributed by atoms with Crippen LogP contribution in [0.4, 0.5) is 5.69 Å². The zero-order valence-electron chi connectivity index (χ0n) is 12.1. The van der Waals surface area contributed by atoms with Crippen molar-refractivity contribution in [3.8, 4) is 0 Å². The number of aryl methyl sites for hydroxylation is 1. The van der Waals surface area contributed by atoms with Crippen LogP contribution in [0.15, 0.2) is 24.3 Å². The molecular formula is C16H23NOS. The van der Waals surface area contributed by atoms with Crippen molar-refractivity contribution in [2.24, 2.45) is 5.92 Å². The monoisotopic (exact) mass is 277 g/mol. The van der Waals surface area contributed by atoms with Gasteiger partial charge in [-0.1, -0.05) is 32.0 Å². The van der Waals surface area contributed by atoms with E-state index in [1.807, 2.05) is 11.0 Å². The smallest absolute Gasteiger partial charge is 0.237 e. The van der Waals surface area contributed by atoms with Crippen LogP contribution in [0.2, 0.25) is 0 Å². The topological polar surface area (TPSA) is 20.3 Å². The molecule has 2 rings (SSSR count). The van der Waals surface area contributed by atoms with E-state index < -0.39 is 0 Å². The van der Waals surface area contributed by atoms with E-state index in [1.54, 1.807) is 11.8 Å². The Morgan fingerprint density at radius 1 is 1.42 bits per heavy atom. The average molecular weight is 277 g/mol. The van der Waals surface area contributed by atoms with Gasteiger partial charge < -0.3 is 4.90 Å². The van der Waals surface area contributed by atoms with Gasteiger partial charge in [0, 0.05) is 11.7 Å². The summed E-state index contributed by atoms with van der Waals surface area (Å²) < 4.78 is 0. The second-order valence-corrected chi connectivity index (χ2v) is 6.72. The van der Waals surface area contributed by atoms with Crippen molar-refractivity contribution in [1.29, 1.82) is 0 Å². The van der Waals surface area contributed by atoms with Crippen molar-refractivity contribution >= 4 is 23.4 Å². The van der Waals surface area contributed by atoms with E-state index in [9.17, 15) is 4.79 Å². The SMILES string of the molecule is CC(C)CSCC(=O)N1c2ccccc2CCC1C. The summed E-state index contributed by atoms with van der Waals surface area (Å²) >= 11 is 1.75. The first-order chi connectivity index (χ1) is 9.09. The van der Waals surface area contributed by atoms with Crippen LogP contribution in [0.25, 0.3) is 0 Å². The predicted molar refractivity (Wildman–Crippen MR) is 83.9 cm³/mol. The highest BCUT2D eigenvalue weighted by Gasteiger charge is 2.27. The first-order valence-electron chi connectivity index (χ1n) is 7.07. The fourth-order valence-corrected chi connectivity index (χ4v) is 3.42. The van der Waals surface area contributed by atoms with E-state index in [0.717, 1.165) is 24.3 Å². The molecule has 1 amide bonds. The first-order valence-corrected chi connectivity index (χ1v) is 8.22. The summed E-state index contributed by atoms with van der Waals surface area (Å²) in [4.78, 5) is 14.5. The standard InChI is InChI=1S/C16H23NOS/c1-12(2)10-19-11-16(18)17-13(3)8-9-14-6-4-5-7-15(14)17/h4-7,12-13H,8-11H2,1-3H3. The van der Waals surface area contributed by atoms with Gasteiger partial charge in [-0.15, -0.1) is 0 Å². The second kappa shape index (κ2) is 6.47. The number of anilines is 1. The van der Waals surface area contributed by atoms with Crippen LogP contribution in [-0.4, -0.2) is 23.5 Å². The molecular weight excluding hydrogens is 254 g/mol. The number of nitrogens with zero attached hydrogens (tertiary/aromatic N) is 1. The Morgan fingerprint density at radius 3 is 2.89 bits per heavy atom. The molecule has 0 saturated carbocycles. The summed E-state index contributed by atoms with van der Waals surface area (Å²) in [5.41, 5.74) is 2.43. The minimum Gasteiger partial charge on any atom is -0.309 e. The van der Waals surface area contributed by atoms with Gasteiger partial charge in [-0.3, -0.25) is 4.79 Å². The molecule has 1 heterocycles. The molecule has 0 N–H and O–H groups in total. The van der Waals surface area contributed by atoms with Gasteiger partial charge in [-0.2, -0.15) is 11.8 Å². The molecule has 1 aliphatic heterocycles. The molecule has 19 heavy (non-hydrogen) atoms. The molecule has 1 aliphatic rings. The van der Waals surface area contributed by atoms with Crippen LogP contribution in [0.5, 0.6) is 0 Å². The molecule has 2 nitrogen and oxygen atoms in total. The quantitative estimate of drug-likeness (QED) is 0.835. The highest BCUT2D eigenvalue weighted by atomic mass is 32.2. The van der Waals surface area contributed by atoms with Crippen LogP contribution in [0, 0.1) is 5.92 Å². The molecule has 0 aliphatic carbocycles. The molecule has 0 fully saturated rings. The highest BCUT2D eigenvalue weighted by Crippen LogP contribution is 2.31. The van der Waals surface area contributed by atoms with Gasteiger partial charge in [0.2, 0.25) is 5.91 Å². The lowest BCUT2D eigenvalue weighted by Crippen LogP contribution is -2.43. The van der Waals surface area contributed by atoms with Crippen LogP contribution in [-0.2, 0) is 11.2 Å². The third-order valence-electron chi connectivity index (χ3n) is 3.47. The Labute approximate surface area is 120 Å². The summed E-state index contributed by atoms with van der Waals surface area (Å²) in [6, 6.07) is 8.63. The number of hydrogen-bond donors (Lipinski definition) is 0. The summed E-state index contributed by atoms with van der Waals surface area (Å²) in [5, 5.41) is 0. The van der Waals surface area contributed by atoms with Crippen molar-refractivity contribution in [1.82, 2.24) is 0 Å². The van der Waals surface area contributed by atoms with Crippen molar-refractivity contribution in [3.05, 3.63) is 29.8 Å². The number of carbonyl (C=O) groups is 1. The van der Waals surface area contributed by atoms with E-state index in [0.29, 0.717) is 17.7 Å². The van der Waals surface area contributed by atoms with Crippen molar-refractivity contribution in [2.75, 3.05) is 16.4 Å². The van der Waals surface area contributed by atoms with E-state index in [2.05, 4.69) is 39.0 Å². The minimum atomic E-state index is 0.255. The molecule has 1 aromatic rings. The Kier molecular flexibility index (Phi) is 4.92. The Bertz CT molecular complexity index is 444. The lowest BCUT2D eigenvalue weighted by Gasteiger charge is -2.35. The highest BCUT2D eigenvalue weighted by molar-refractivity contribution is 7.99. The van der Waals surface area contributed by atoms with Crippen molar-refractivity contribution < 1.29 is 4.79 Å². The van der Waals surface area contributed by atoms with E-state index >= 15 is 0 Å². The fraction of sp³-hybridized carbons (Fsp3) is 0.562. The average Bonchev–Trinajstić information content (AvgIpc) is 2.38. The molecule has 1 unspecified atom stereocenters. The van der Waals surface area contributed by atoms with Crippen LogP contribution in [0.3, 0.4) is 0 Å². The van der Waals surface area contributed by atoms with Gasteiger partial charge in [0.1, 0.15) is 0 Å². The Balaban J connectivity index is 2.08. The number of thioether (sulfide) groups is 1. The third-order valence-corrected chi connectivity index (χ3v) is 4.82. The number of fused-ring (bicyclic) bond motifs is 1. The summed E-state index contributed by atoms with van der Waals surface area (Å²) in [6.45, 7) is 6.54. The summed E-state index contributed by atoms with van der Waals surface area (Å²) in [7, 11) is 0. The number of hydrogen-bond acceptors (Lipinski definition) is 2. The summed E-state index contributed by atoms with van der Waals surface area (Å²) in [5.74, 6) is 2.54. The molecule has 0 saturated heterocycles. The molecule has 1 aromatic carbocycles. The maximum atomic E-state index is 12.5. The largest absolute Gasteiger partial charge is 0.309 e. The third kappa shape index (κ3) is 3.53. The molecule has 0 bridgehead atoms. The van der Waals surface area contributed by atoms with Gasteiger partial charge in [-0.05, 0) is 43.1 Å². The molecule has 0 spiro atoms. The zero-order valence-corrected chi connectivity index (χ0v) is 12.9. The van der Waals surface area contributed by atoms with Gasteiger partial charge in [0.05, 0.1) is 5.75 Å². The first kappa shape index (κ1) is 14.4. The number of amides is 1. The zero-order chi connectivity index (χ0) is 13.8. The molecule has 104 valence electrons. The normalized spacial score (nSPS) is 18.5. The maximum Gasteiger partial charge on any atom is 0.237 e. The molecule has 0 radical (unpaired) electrons. The minimum absolute atomic E-state index is 0.255. The Hall–Kier alpha value is -0.960. The maximum absolute atomic E-state index is 12.5. The van der Waals surface area contributed by atoms with Gasteiger partial charge in [0.15, 0.2) is 0 Å². The van der Waals surface area contributed by atoms with Gasteiger partial charge in [0.25, 0.3) is 0 Å². The Morgan fingerprint density at radius 2 is 2.16 bits per heavy atom. The number of benzene rings is 1. The van der Waals surface area contributed by atoms with Crippen LogP contribution < -0.4 is 4.90 Å². The van der Waals surface area contributed by atoms with Crippen LogP contribution >= 0.6 is 11.8 Å². The lowest BCUT2D eigenvalue weighted by molar-refractivity contribution is -0.116. The fourth-order valence-electron chi connectivity index (χ4n) is 2.52. The predicted octanol–water partition coefficient (Wildman–Crippen LogP) is 3.74. The molecule has 1 atom stereocenters. The van der Waals surface area contributed by atoms with Crippen LogP contribution in [0.1, 0.15) is 32.8 Å². The second-order valence-electron chi connectivity index (χ2n) is 5.69. The van der Waals surface area contributed by atoms with E-state index in [4.69, 9.17) is 0 Å². The van der Waals surface area contributed by atoms with Crippen molar-refractivity contribution in [3.63, 3.8) is 0 Å².